The fourth-order valence-corrected chi connectivity index (χ4v) is 3.30. The van der Waals surface area contributed by atoms with Crippen LogP contribution in [0.2, 0.25) is 5.02 Å². The minimum atomic E-state index is -4.63. The lowest BCUT2D eigenvalue weighted by Gasteiger charge is -2.37. The highest BCUT2D eigenvalue weighted by molar-refractivity contribution is 6.30. The van der Waals surface area contributed by atoms with Gasteiger partial charge < -0.3 is 15.4 Å². The molecular weight excluding hydrogens is 425 g/mol. The van der Waals surface area contributed by atoms with Gasteiger partial charge in [-0.15, -0.1) is 0 Å². The van der Waals surface area contributed by atoms with E-state index in [0.717, 1.165) is 12.1 Å². The van der Waals surface area contributed by atoms with Gasteiger partial charge in [0.15, 0.2) is 0 Å². The Hall–Kier alpha value is -1.88. The van der Waals surface area contributed by atoms with Crippen molar-refractivity contribution in [2.45, 2.75) is 19.1 Å². The maximum absolute atomic E-state index is 13.2. The van der Waals surface area contributed by atoms with Crippen LogP contribution in [0, 0.1) is 0 Å². The number of carbonyl (C=O) groups excluding carboxylic acids is 2. The standard InChI is InChI=1S/C19H26ClF3N4O3/c1-13(18(29)25-16-4-3-14(20)11-15(16)19(21,22)23)27-8-6-26(7-9-27)12-17(28)24-5-10-30-2/h3-4,11,13H,5-10,12H2,1-2H3,(H,24,28)(H,25,29). The fourth-order valence-electron chi connectivity index (χ4n) is 3.12. The van der Waals surface area contributed by atoms with Crippen molar-refractivity contribution in [1.29, 1.82) is 0 Å². The number of methoxy groups -OCH3 is 1. The zero-order chi connectivity index (χ0) is 22.3. The zero-order valence-corrected chi connectivity index (χ0v) is 17.6. The highest BCUT2D eigenvalue weighted by atomic mass is 35.5. The molecule has 30 heavy (non-hydrogen) atoms. The molecule has 1 saturated heterocycles. The number of ether oxygens (including phenoxy) is 1. The summed E-state index contributed by atoms with van der Waals surface area (Å²) in [6, 6.07) is 2.61. The average molecular weight is 451 g/mol. The molecule has 1 aliphatic heterocycles. The van der Waals surface area contributed by atoms with Crippen LogP contribution >= 0.6 is 11.6 Å². The number of halogens is 4. The molecule has 0 aromatic heterocycles. The number of rotatable bonds is 8. The van der Waals surface area contributed by atoms with Crippen molar-refractivity contribution < 1.29 is 27.5 Å². The van der Waals surface area contributed by atoms with E-state index < -0.39 is 23.7 Å². The van der Waals surface area contributed by atoms with Crippen molar-refractivity contribution in [1.82, 2.24) is 15.1 Å². The van der Waals surface area contributed by atoms with Crippen LogP contribution in [0.25, 0.3) is 0 Å². The molecule has 1 aromatic carbocycles. The Kier molecular flexibility index (Phi) is 8.90. The van der Waals surface area contributed by atoms with Gasteiger partial charge in [0.25, 0.3) is 0 Å². The summed E-state index contributed by atoms with van der Waals surface area (Å²) in [6.45, 7) is 4.96. The third-order valence-corrected chi connectivity index (χ3v) is 5.11. The topological polar surface area (TPSA) is 73.9 Å². The van der Waals surface area contributed by atoms with Gasteiger partial charge in [-0.25, -0.2) is 0 Å². The molecular formula is C19H26ClF3N4O3. The molecule has 1 atom stereocenters. The van der Waals surface area contributed by atoms with E-state index in [4.69, 9.17) is 16.3 Å². The van der Waals surface area contributed by atoms with E-state index in [2.05, 4.69) is 10.6 Å². The molecule has 1 unspecified atom stereocenters. The van der Waals surface area contributed by atoms with Crippen LogP contribution in [0.4, 0.5) is 18.9 Å². The highest BCUT2D eigenvalue weighted by Gasteiger charge is 2.35. The summed E-state index contributed by atoms with van der Waals surface area (Å²) >= 11 is 5.67. The van der Waals surface area contributed by atoms with Gasteiger partial charge in [-0.2, -0.15) is 13.2 Å². The molecule has 1 aliphatic rings. The van der Waals surface area contributed by atoms with Crippen molar-refractivity contribution in [2.24, 2.45) is 0 Å². The molecule has 2 N–H and O–H groups in total. The minimum absolute atomic E-state index is 0.0595. The van der Waals surface area contributed by atoms with Gasteiger partial charge in [0.2, 0.25) is 11.8 Å². The molecule has 0 bridgehead atoms. The molecule has 2 amide bonds. The smallest absolute Gasteiger partial charge is 0.383 e. The number of hydrogen-bond acceptors (Lipinski definition) is 5. The van der Waals surface area contributed by atoms with Crippen LogP contribution in [0.1, 0.15) is 12.5 Å². The lowest BCUT2D eigenvalue weighted by atomic mass is 10.1. The molecule has 1 aromatic rings. The number of carbonyl (C=O) groups is 2. The van der Waals surface area contributed by atoms with E-state index >= 15 is 0 Å². The summed E-state index contributed by atoms with van der Waals surface area (Å²) < 4.78 is 44.5. The first-order valence-electron chi connectivity index (χ1n) is 9.51. The fraction of sp³-hybridized carbons (Fsp3) is 0.579. The van der Waals surface area contributed by atoms with E-state index in [1.165, 1.54) is 6.07 Å². The minimum Gasteiger partial charge on any atom is -0.383 e. The van der Waals surface area contributed by atoms with Crippen LogP contribution in [-0.4, -0.2) is 80.6 Å². The number of hydrogen-bond donors (Lipinski definition) is 2. The van der Waals surface area contributed by atoms with Gasteiger partial charge in [-0.05, 0) is 25.1 Å². The first-order chi connectivity index (χ1) is 14.1. The molecule has 168 valence electrons. The molecule has 0 aliphatic carbocycles. The van der Waals surface area contributed by atoms with Gasteiger partial charge in [-0.1, -0.05) is 11.6 Å². The van der Waals surface area contributed by atoms with Gasteiger partial charge in [0.1, 0.15) is 0 Å². The van der Waals surface area contributed by atoms with E-state index in [9.17, 15) is 22.8 Å². The molecule has 11 heteroatoms. The van der Waals surface area contributed by atoms with Crippen LogP contribution in [0.3, 0.4) is 0 Å². The first kappa shape index (κ1) is 24.4. The molecule has 1 heterocycles. The van der Waals surface area contributed by atoms with E-state index in [1.807, 2.05) is 9.80 Å². The summed E-state index contributed by atoms with van der Waals surface area (Å²) in [6.07, 6.45) is -4.63. The molecule has 2 rings (SSSR count). The quantitative estimate of drug-likeness (QED) is 0.593. The number of nitrogens with zero attached hydrogens (tertiary/aromatic N) is 2. The second-order valence-corrected chi connectivity index (χ2v) is 7.44. The summed E-state index contributed by atoms with van der Waals surface area (Å²) in [4.78, 5) is 28.2. The van der Waals surface area contributed by atoms with Crippen LogP contribution < -0.4 is 10.6 Å². The Balaban J connectivity index is 1.88. The van der Waals surface area contributed by atoms with Crippen LogP contribution in [-0.2, 0) is 20.5 Å². The number of anilines is 1. The summed E-state index contributed by atoms with van der Waals surface area (Å²) in [7, 11) is 1.56. The number of piperazine rings is 1. The average Bonchev–Trinajstić information content (AvgIpc) is 2.68. The van der Waals surface area contributed by atoms with Crippen molar-refractivity contribution in [2.75, 3.05) is 58.3 Å². The van der Waals surface area contributed by atoms with Crippen LogP contribution in [0.5, 0.6) is 0 Å². The highest BCUT2D eigenvalue weighted by Crippen LogP contribution is 2.36. The maximum atomic E-state index is 13.2. The predicted octanol–water partition coefficient (Wildman–Crippen LogP) is 2.07. The molecule has 7 nitrogen and oxygen atoms in total. The Bertz CT molecular complexity index is 740. The normalized spacial score (nSPS) is 16.9. The Morgan fingerprint density at radius 1 is 1.23 bits per heavy atom. The molecule has 0 spiro atoms. The maximum Gasteiger partial charge on any atom is 0.418 e. The molecule has 0 radical (unpaired) electrons. The van der Waals surface area contributed by atoms with E-state index in [0.29, 0.717) is 39.3 Å². The third kappa shape index (κ3) is 7.12. The predicted molar refractivity (Wildman–Crippen MR) is 107 cm³/mol. The van der Waals surface area contributed by atoms with E-state index in [1.54, 1.807) is 14.0 Å². The lowest BCUT2D eigenvalue weighted by Crippen LogP contribution is -2.54. The molecule has 0 saturated carbocycles. The Labute approximate surface area is 178 Å². The Morgan fingerprint density at radius 3 is 2.50 bits per heavy atom. The van der Waals surface area contributed by atoms with Crippen molar-refractivity contribution in [3.05, 3.63) is 28.8 Å². The monoisotopic (exact) mass is 450 g/mol. The Morgan fingerprint density at radius 2 is 1.90 bits per heavy atom. The second kappa shape index (κ2) is 10.9. The van der Waals surface area contributed by atoms with Gasteiger partial charge in [-0.3, -0.25) is 19.4 Å². The first-order valence-corrected chi connectivity index (χ1v) is 9.89. The van der Waals surface area contributed by atoms with Crippen molar-refractivity contribution in [3.63, 3.8) is 0 Å². The van der Waals surface area contributed by atoms with E-state index in [-0.39, 0.29) is 23.2 Å². The summed E-state index contributed by atoms with van der Waals surface area (Å²) in [5.41, 5.74) is -1.31. The van der Waals surface area contributed by atoms with Gasteiger partial charge >= 0.3 is 6.18 Å². The largest absolute Gasteiger partial charge is 0.418 e. The second-order valence-electron chi connectivity index (χ2n) is 7.01. The van der Waals surface area contributed by atoms with Crippen molar-refractivity contribution >= 4 is 29.1 Å². The number of nitrogens with one attached hydrogen (secondary N) is 2. The molecule has 1 fully saturated rings. The number of alkyl halides is 3. The van der Waals surface area contributed by atoms with Crippen LogP contribution in [0.15, 0.2) is 18.2 Å². The number of benzene rings is 1. The summed E-state index contributed by atoms with van der Waals surface area (Å²) in [5, 5.41) is 5.05. The van der Waals surface area contributed by atoms with Gasteiger partial charge in [0.05, 0.1) is 30.4 Å². The van der Waals surface area contributed by atoms with Gasteiger partial charge in [0, 0.05) is 44.9 Å². The number of amides is 2. The third-order valence-electron chi connectivity index (χ3n) is 4.87. The lowest BCUT2D eigenvalue weighted by molar-refractivity contribution is -0.137. The summed E-state index contributed by atoms with van der Waals surface area (Å²) in [5.74, 6) is -0.637. The SMILES string of the molecule is COCCNC(=O)CN1CCN(C(C)C(=O)Nc2ccc(Cl)cc2C(F)(F)F)CC1. The zero-order valence-electron chi connectivity index (χ0n) is 16.9. The van der Waals surface area contributed by atoms with Crippen molar-refractivity contribution in [3.8, 4) is 0 Å².